The third-order valence-electron chi connectivity index (χ3n) is 3.29. The first-order valence-corrected chi connectivity index (χ1v) is 7.34. The van der Waals surface area contributed by atoms with E-state index in [1.165, 1.54) is 51.4 Å². The van der Waals surface area contributed by atoms with Crippen molar-refractivity contribution in [2.45, 2.75) is 91.1 Å². The fraction of sp³-hybridized carbons (Fsp3) is 1.00. The molecule has 0 aromatic heterocycles. The average molecular weight is 228 g/mol. The van der Waals surface area contributed by atoms with E-state index in [0.29, 0.717) is 0 Å². The topological polar surface area (TPSA) is 20.2 Å². The summed E-state index contributed by atoms with van der Waals surface area (Å²) in [6.45, 7) is 6.66. The van der Waals surface area contributed by atoms with Crippen LogP contribution in [0.25, 0.3) is 0 Å². The second-order valence-corrected chi connectivity index (χ2v) is 5.51. The molecule has 0 saturated carbocycles. The third kappa shape index (κ3) is 12.0. The van der Waals surface area contributed by atoms with Crippen LogP contribution in [0.5, 0.6) is 0 Å². The van der Waals surface area contributed by atoms with Crippen LogP contribution in [0, 0.1) is 5.92 Å². The van der Waals surface area contributed by atoms with Crippen LogP contribution in [0.2, 0.25) is 0 Å². The van der Waals surface area contributed by atoms with Crippen molar-refractivity contribution in [3.8, 4) is 0 Å². The molecule has 0 heterocycles. The van der Waals surface area contributed by atoms with Crippen molar-refractivity contribution in [3.05, 3.63) is 0 Å². The van der Waals surface area contributed by atoms with Crippen LogP contribution in [0.1, 0.15) is 85.0 Å². The van der Waals surface area contributed by atoms with Gasteiger partial charge in [-0.25, -0.2) is 0 Å². The largest absolute Gasteiger partial charge is 0.393 e. The quantitative estimate of drug-likeness (QED) is 0.497. The van der Waals surface area contributed by atoms with Gasteiger partial charge in [-0.3, -0.25) is 0 Å². The molecule has 1 N–H and O–H groups in total. The highest BCUT2D eigenvalue weighted by molar-refractivity contribution is 4.53. The maximum atomic E-state index is 9.38. The molecule has 0 amide bonds. The van der Waals surface area contributed by atoms with E-state index >= 15 is 0 Å². The van der Waals surface area contributed by atoms with E-state index in [1.807, 2.05) is 0 Å². The molecule has 0 aromatic carbocycles. The zero-order valence-electron chi connectivity index (χ0n) is 11.7. The van der Waals surface area contributed by atoms with Crippen molar-refractivity contribution in [3.63, 3.8) is 0 Å². The summed E-state index contributed by atoms with van der Waals surface area (Å²) in [4.78, 5) is 0. The predicted octanol–water partition coefficient (Wildman–Crippen LogP) is 4.92. The molecule has 16 heavy (non-hydrogen) atoms. The molecule has 0 spiro atoms. The zero-order valence-corrected chi connectivity index (χ0v) is 11.7. The maximum absolute atomic E-state index is 9.38. The van der Waals surface area contributed by atoms with E-state index in [2.05, 4.69) is 20.8 Å². The highest BCUT2D eigenvalue weighted by Crippen LogP contribution is 2.13. The summed E-state index contributed by atoms with van der Waals surface area (Å²) >= 11 is 0. The van der Waals surface area contributed by atoms with Gasteiger partial charge in [0, 0.05) is 0 Å². The molecule has 0 radical (unpaired) electrons. The van der Waals surface area contributed by atoms with Crippen molar-refractivity contribution in [1.82, 2.24) is 0 Å². The Bertz CT molecular complexity index is 131. The molecule has 0 fully saturated rings. The van der Waals surface area contributed by atoms with Crippen molar-refractivity contribution in [1.29, 1.82) is 0 Å². The smallest absolute Gasteiger partial charge is 0.0537 e. The van der Waals surface area contributed by atoms with Gasteiger partial charge >= 0.3 is 0 Å². The minimum Gasteiger partial charge on any atom is -0.393 e. The van der Waals surface area contributed by atoms with Gasteiger partial charge in [-0.05, 0) is 18.8 Å². The Kier molecular flexibility index (Phi) is 11.4. The number of hydrogen-bond donors (Lipinski definition) is 1. The molecule has 1 heteroatoms. The van der Waals surface area contributed by atoms with E-state index < -0.39 is 0 Å². The normalized spacial score (nSPS) is 13.3. The molecule has 98 valence electrons. The summed E-state index contributed by atoms with van der Waals surface area (Å²) in [6, 6.07) is 0. The molecule has 0 aliphatic heterocycles. The SMILES string of the molecule is CCC(O)CCCCCCCCCC(C)C. The Morgan fingerprint density at radius 2 is 1.19 bits per heavy atom. The Morgan fingerprint density at radius 3 is 1.62 bits per heavy atom. The van der Waals surface area contributed by atoms with E-state index in [1.54, 1.807) is 0 Å². The highest BCUT2D eigenvalue weighted by Gasteiger charge is 1.99. The van der Waals surface area contributed by atoms with Crippen LogP contribution >= 0.6 is 0 Å². The molecular weight excluding hydrogens is 196 g/mol. The average Bonchev–Trinajstić information content (AvgIpc) is 2.26. The highest BCUT2D eigenvalue weighted by atomic mass is 16.3. The Balaban J connectivity index is 2.99. The molecule has 0 aliphatic carbocycles. The second kappa shape index (κ2) is 11.4. The first kappa shape index (κ1) is 16.0. The molecule has 0 aromatic rings. The third-order valence-corrected chi connectivity index (χ3v) is 3.29. The van der Waals surface area contributed by atoms with Crippen molar-refractivity contribution < 1.29 is 5.11 Å². The predicted molar refractivity (Wildman–Crippen MR) is 72.7 cm³/mol. The molecule has 0 aliphatic rings. The number of unbranched alkanes of at least 4 members (excludes halogenated alkanes) is 6. The number of aliphatic hydroxyl groups excluding tert-OH is 1. The monoisotopic (exact) mass is 228 g/mol. The fourth-order valence-electron chi connectivity index (χ4n) is 2.02. The first-order chi connectivity index (χ1) is 7.66. The number of hydrogen-bond acceptors (Lipinski definition) is 1. The van der Waals surface area contributed by atoms with Gasteiger partial charge in [0.25, 0.3) is 0 Å². The summed E-state index contributed by atoms with van der Waals surface area (Å²) in [5, 5.41) is 9.38. The molecule has 1 unspecified atom stereocenters. The summed E-state index contributed by atoms with van der Waals surface area (Å²) < 4.78 is 0. The van der Waals surface area contributed by atoms with Gasteiger partial charge in [-0.1, -0.05) is 72.1 Å². The van der Waals surface area contributed by atoms with Crippen LogP contribution in [-0.2, 0) is 0 Å². The number of aliphatic hydroxyl groups is 1. The van der Waals surface area contributed by atoms with Crippen molar-refractivity contribution in [2.75, 3.05) is 0 Å². The molecule has 1 nitrogen and oxygen atoms in total. The molecule has 1 atom stereocenters. The lowest BCUT2D eigenvalue weighted by atomic mass is 10.0. The number of rotatable bonds is 11. The van der Waals surface area contributed by atoms with Crippen LogP contribution in [0.15, 0.2) is 0 Å². The second-order valence-electron chi connectivity index (χ2n) is 5.51. The first-order valence-electron chi connectivity index (χ1n) is 7.34. The van der Waals surface area contributed by atoms with E-state index in [4.69, 9.17) is 0 Å². The minimum absolute atomic E-state index is 0.0500. The zero-order chi connectivity index (χ0) is 12.2. The van der Waals surface area contributed by atoms with Gasteiger partial charge in [-0.15, -0.1) is 0 Å². The standard InChI is InChI=1S/C15H32O/c1-4-15(16)13-11-9-7-5-6-8-10-12-14(2)3/h14-16H,4-13H2,1-3H3. The lowest BCUT2D eigenvalue weighted by molar-refractivity contribution is 0.156. The lowest BCUT2D eigenvalue weighted by Gasteiger charge is -2.07. The van der Waals surface area contributed by atoms with Gasteiger partial charge in [0.05, 0.1) is 6.10 Å². The van der Waals surface area contributed by atoms with Gasteiger partial charge in [0.2, 0.25) is 0 Å². The van der Waals surface area contributed by atoms with Crippen LogP contribution < -0.4 is 0 Å². The molecule has 0 rings (SSSR count). The van der Waals surface area contributed by atoms with Gasteiger partial charge < -0.3 is 5.11 Å². The fourth-order valence-corrected chi connectivity index (χ4v) is 2.02. The summed E-state index contributed by atoms with van der Waals surface area (Å²) in [6.07, 6.45) is 12.7. The van der Waals surface area contributed by atoms with E-state index in [9.17, 15) is 5.11 Å². The summed E-state index contributed by atoms with van der Waals surface area (Å²) in [5.41, 5.74) is 0. The molecular formula is C15H32O. The Labute approximate surface area is 103 Å². The van der Waals surface area contributed by atoms with Crippen LogP contribution in [-0.4, -0.2) is 11.2 Å². The summed E-state index contributed by atoms with van der Waals surface area (Å²) in [5.74, 6) is 0.871. The molecule has 0 bridgehead atoms. The van der Waals surface area contributed by atoms with E-state index in [-0.39, 0.29) is 6.10 Å². The minimum atomic E-state index is -0.0500. The van der Waals surface area contributed by atoms with E-state index in [0.717, 1.165) is 18.8 Å². The van der Waals surface area contributed by atoms with Gasteiger partial charge in [-0.2, -0.15) is 0 Å². The Morgan fingerprint density at radius 1 is 0.750 bits per heavy atom. The molecule has 0 saturated heterocycles. The van der Waals surface area contributed by atoms with Crippen molar-refractivity contribution >= 4 is 0 Å². The lowest BCUT2D eigenvalue weighted by Crippen LogP contribution is -2.03. The maximum Gasteiger partial charge on any atom is 0.0537 e. The van der Waals surface area contributed by atoms with Crippen LogP contribution in [0.4, 0.5) is 0 Å². The van der Waals surface area contributed by atoms with Gasteiger partial charge in [0.15, 0.2) is 0 Å². The van der Waals surface area contributed by atoms with Crippen LogP contribution in [0.3, 0.4) is 0 Å². The Hall–Kier alpha value is -0.0400. The summed E-state index contributed by atoms with van der Waals surface area (Å²) in [7, 11) is 0. The van der Waals surface area contributed by atoms with Gasteiger partial charge in [0.1, 0.15) is 0 Å². The van der Waals surface area contributed by atoms with Crippen molar-refractivity contribution in [2.24, 2.45) is 5.92 Å².